The van der Waals surface area contributed by atoms with Gasteiger partial charge in [0.25, 0.3) is 0 Å². The maximum absolute atomic E-state index is 12.6. The molecule has 0 aromatic heterocycles. The highest BCUT2D eigenvalue weighted by molar-refractivity contribution is 6.31. The molecular weight excluding hydrogens is 157 g/mol. The molecule has 1 rings (SSSR count). The lowest BCUT2D eigenvalue weighted by Crippen LogP contribution is -1.90. The summed E-state index contributed by atoms with van der Waals surface area (Å²) >= 11 is 5.32. The molecule has 0 aliphatic heterocycles. The topological polar surface area (TPSA) is 46.2 Å². The summed E-state index contributed by atoms with van der Waals surface area (Å²) in [4.78, 5) is 0. The molecule has 0 heterocycles. The fraction of sp³-hybridized carbons (Fsp3) is 0. The van der Waals surface area contributed by atoms with Gasteiger partial charge in [-0.2, -0.15) is 0 Å². The zero-order valence-electron chi connectivity index (χ0n) is 4.94. The Morgan fingerprint density at radius 2 is 2.10 bits per heavy atom. The average Bonchev–Trinajstić information content (AvgIpc) is 1.93. The van der Waals surface area contributed by atoms with Crippen LogP contribution < -0.4 is 5.73 Å². The van der Waals surface area contributed by atoms with E-state index < -0.39 is 5.82 Å². The summed E-state index contributed by atoms with van der Waals surface area (Å²) in [5, 5.41) is 8.71. The number of phenolic OH excluding ortho intramolecular Hbond substituents is 1. The number of halogens is 2. The first-order valence-electron chi connectivity index (χ1n) is 2.55. The Bertz CT molecular complexity index is 237. The van der Waals surface area contributed by atoms with Crippen molar-refractivity contribution in [1.29, 1.82) is 0 Å². The van der Waals surface area contributed by atoms with Gasteiger partial charge >= 0.3 is 0 Å². The molecule has 1 aromatic rings. The lowest BCUT2D eigenvalue weighted by molar-refractivity contribution is 0.473. The molecule has 54 valence electrons. The van der Waals surface area contributed by atoms with Crippen molar-refractivity contribution >= 4 is 17.3 Å². The number of nitrogens with two attached hydrogens (primary N) is 1. The number of benzene rings is 1. The molecule has 0 amide bonds. The number of phenols is 1. The zero-order chi connectivity index (χ0) is 7.72. The SMILES string of the molecule is Nc1c(O)ccc(Cl)c1F. The maximum Gasteiger partial charge on any atom is 0.168 e. The van der Waals surface area contributed by atoms with Crippen LogP contribution in [0.4, 0.5) is 10.1 Å². The van der Waals surface area contributed by atoms with Crippen molar-refractivity contribution in [3.8, 4) is 5.75 Å². The van der Waals surface area contributed by atoms with Crippen LogP contribution in [0.15, 0.2) is 12.1 Å². The number of nitrogen functional groups attached to an aromatic ring is 1. The molecular formula is C6H5ClFNO. The lowest BCUT2D eigenvalue weighted by Gasteiger charge is -1.99. The Hall–Kier alpha value is -0.960. The van der Waals surface area contributed by atoms with E-state index in [1.54, 1.807) is 0 Å². The third-order valence-electron chi connectivity index (χ3n) is 1.11. The second-order valence-corrected chi connectivity index (χ2v) is 2.20. The van der Waals surface area contributed by atoms with E-state index in [2.05, 4.69) is 0 Å². The molecule has 0 fully saturated rings. The van der Waals surface area contributed by atoms with Gasteiger partial charge in [0.15, 0.2) is 5.82 Å². The van der Waals surface area contributed by atoms with Gasteiger partial charge in [-0.25, -0.2) is 4.39 Å². The minimum absolute atomic E-state index is 0.0877. The van der Waals surface area contributed by atoms with Gasteiger partial charge in [0.05, 0.1) is 5.02 Å². The molecule has 0 aliphatic carbocycles. The molecule has 0 atom stereocenters. The van der Waals surface area contributed by atoms with E-state index in [0.717, 1.165) is 0 Å². The Balaban J connectivity index is 3.34. The normalized spacial score (nSPS) is 9.80. The van der Waals surface area contributed by atoms with Gasteiger partial charge < -0.3 is 10.8 Å². The first kappa shape index (κ1) is 7.15. The Labute approximate surface area is 62.0 Å². The first-order chi connectivity index (χ1) is 4.63. The van der Waals surface area contributed by atoms with Gasteiger partial charge in [-0.1, -0.05) is 11.6 Å². The number of rotatable bonds is 0. The van der Waals surface area contributed by atoms with Crippen molar-refractivity contribution in [3.63, 3.8) is 0 Å². The van der Waals surface area contributed by atoms with Crippen LogP contribution in [0.2, 0.25) is 5.02 Å². The lowest BCUT2D eigenvalue weighted by atomic mass is 10.3. The second-order valence-electron chi connectivity index (χ2n) is 1.79. The maximum atomic E-state index is 12.6. The van der Waals surface area contributed by atoms with Gasteiger partial charge in [0, 0.05) is 0 Å². The van der Waals surface area contributed by atoms with E-state index in [0.29, 0.717) is 0 Å². The van der Waals surface area contributed by atoms with Gasteiger partial charge in [-0.05, 0) is 12.1 Å². The van der Waals surface area contributed by atoms with Crippen molar-refractivity contribution in [3.05, 3.63) is 23.0 Å². The van der Waals surface area contributed by atoms with Gasteiger partial charge in [0.1, 0.15) is 11.4 Å². The Kier molecular flexibility index (Phi) is 1.68. The molecule has 2 nitrogen and oxygen atoms in total. The van der Waals surface area contributed by atoms with Crippen molar-refractivity contribution in [2.45, 2.75) is 0 Å². The van der Waals surface area contributed by atoms with E-state index in [4.69, 9.17) is 22.4 Å². The molecule has 0 saturated heterocycles. The average molecular weight is 162 g/mol. The van der Waals surface area contributed by atoms with Crippen LogP contribution in [-0.2, 0) is 0 Å². The third-order valence-corrected chi connectivity index (χ3v) is 1.40. The zero-order valence-corrected chi connectivity index (χ0v) is 5.69. The van der Waals surface area contributed by atoms with Crippen LogP contribution in [0.3, 0.4) is 0 Å². The van der Waals surface area contributed by atoms with Crippen LogP contribution >= 0.6 is 11.6 Å². The predicted molar refractivity (Wildman–Crippen MR) is 37.5 cm³/mol. The molecule has 0 saturated carbocycles. The molecule has 4 heteroatoms. The summed E-state index contributed by atoms with van der Waals surface area (Å²) in [7, 11) is 0. The monoisotopic (exact) mass is 161 g/mol. The Morgan fingerprint density at radius 1 is 1.50 bits per heavy atom. The molecule has 0 aliphatic rings. The predicted octanol–water partition coefficient (Wildman–Crippen LogP) is 1.77. The van der Waals surface area contributed by atoms with E-state index >= 15 is 0 Å². The molecule has 0 spiro atoms. The summed E-state index contributed by atoms with van der Waals surface area (Å²) in [5.41, 5.74) is 4.76. The molecule has 0 radical (unpaired) electrons. The molecule has 3 N–H and O–H groups in total. The third kappa shape index (κ3) is 0.998. The van der Waals surface area contributed by atoms with Crippen LogP contribution in [0.5, 0.6) is 5.75 Å². The van der Waals surface area contributed by atoms with E-state index in [1.807, 2.05) is 0 Å². The van der Waals surface area contributed by atoms with Crippen molar-refractivity contribution in [2.75, 3.05) is 5.73 Å². The Morgan fingerprint density at radius 3 is 2.60 bits per heavy atom. The summed E-state index contributed by atoms with van der Waals surface area (Å²) in [6.45, 7) is 0. The number of hydrogen-bond donors (Lipinski definition) is 2. The molecule has 10 heavy (non-hydrogen) atoms. The number of hydrogen-bond acceptors (Lipinski definition) is 2. The van der Waals surface area contributed by atoms with E-state index in [1.165, 1.54) is 12.1 Å². The quantitative estimate of drug-likeness (QED) is 0.450. The van der Waals surface area contributed by atoms with Crippen LogP contribution in [-0.4, -0.2) is 5.11 Å². The van der Waals surface area contributed by atoms with E-state index in [9.17, 15) is 4.39 Å². The summed E-state index contributed by atoms with van der Waals surface area (Å²) < 4.78 is 12.6. The van der Waals surface area contributed by atoms with Crippen molar-refractivity contribution in [2.24, 2.45) is 0 Å². The van der Waals surface area contributed by atoms with Crippen LogP contribution in [0.25, 0.3) is 0 Å². The summed E-state index contributed by atoms with van der Waals surface area (Å²) in [6.07, 6.45) is 0. The summed E-state index contributed by atoms with van der Waals surface area (Å²) in [5.74, 6) is -1.07. The minimum Gasteiger partial charge on any atom is -0.506 e. The van der Waals surface area contributed by atoms with Crippen molar-refractivity contribution < 1.29 is 9.50 Å². The summed E-state index contributed by atoms with van der Waals surface area (Å²) in [6, 6.07) is 2.48. The largest absolute Gasteiger partial charge is 0.506 e. The smallest absolute Gasteiger partial charge is 0.168 e. The fourth-order valence-corrected chi connectivity index (χ4v) is 0.721. The molecule has 1 aromatic carbocycles. The second kappa shape index (κ2) is 2.34. The highest BCUT2D eigenvalue weighted by atomic mass is 35.5. The van der Waals surface area contributed by atoms with E-state index in [-0.39, 0.29) is 16.5 Å². The first-order valence-corrected chi connectivity index (χ1v) is 2.93. The number of aromatic hydroxyl groups is 1. The van der Waals surface area contributed by atoms with Crippen LogP contribution in [0, 0.1) is 5.82 Å². The van der Waals surface area contributed by atoms with Gasteiger partial charge in [0.2, 0.25) is 0 Å². The van der Waals surface area contributed by atoms with Gasteiger partial charge in [-0.15, -0.1) is 0 Å². The van der Waals surface area contributed by atoms with Crippen molar-refractivity contribution in [1.82, 2.24) is 0 Å². The van der Waals surface area contributed by atoms with Gasteiger partial charge in [-0.3, -0.25) is 0 Å². The standard InChI is InChI=1S/C6H5ClFNO/c7-3-1-2-4(10)6(9)5(3)8/h1-2,10H,9H2. The van der Waals surface area contributed by atoms with Crippen LogP contribution in [0.1, 0.15) is 0 Å². The highest BCUT2D eigenvalue weighted by Gasteiger charge is 2.06. The fourth-order valence-electron chi connectivity index (χ4n) is 0.556. The minimum atomic E-state index is -0.776. The molecule has 0 unspecified atom stereocenters. The number of anilines is 1. The molecule has 0 bridgehead atoms. The highest BCUT2D eigenvalue weighted by Crippen LogP contribution is 2.27.